The average molecular weight is 305 g/mol. The fourth-order valence-electron chi connectivity index (χ4n) is 2.14. The van der Waals surface area contributed by atoms with Crippen molar-refractivity contribution in [3.05, 3.63) is 39.9 Å². The van der Waals surface area contributed by atoms with Gasteiger partial charge in [-0.1, -0.05) is 12.1 Å². The zero-order valence-corrected chi connectivity index (χ0v) is 12.4. The zero-order valence-electron chi connectivity index (χ0n) is 12.4. The third kappa shape index (κ3) is 4.90. The molecule has 1 aromatic carbocycles. The number of non-ortho nitro benzene ring substituents is 1. The Kier molecular flexibility index (Phi) is 5.56. The van der Waals surface area contributed by atoms with Gasteiger partial charge in [-0.15, -0.1) is 0 Å². The molecule has 0 aromatic heterocycles. The van der Waals surface area contributed by atoms with E-state index in [0.29, 0.717) is 12.1 Å². The third-order valence-corrected chi connectivity index (χ3v) is 3.45. The molecule has 22 heavy (non-hydrogen) atoms. The van der Waals surface area contributed by atoms with E-state index in [1.54, 1.807) is 12.1 Å². The zero-order chi connectivity index (χ0) is 15.9. The van der Waals surface area contributed by atoms with E-state index in [1.807, 2.05) is 0 Å². The second kappa shape index (κ2) is 7.62. The number of nitrogens with one attached hydrogen (secondary N) is 1. The van der Waals surface area contributed by atoms with Crippen LogP contribution in [0.4, 0.5) is 5.69 Å². The summed E-state index contributed by atoms with van der Waals surface area (Å²) in [5, 5.41) is 14.5. The van der Waals surface area contributed by atoms with E-state index in [0.717, 1.165) is 26.2 Å². The summed E-state index contributed by atoms with van der Waals surface area (Å²) in [7, 11) is 2.06. The quantitative estimate of drug-likeness (QED) is 0.480. The third-order valence-electron chi connectivity index (χ3n) is 3.45. The van der Waals surface area contributed by atoms with Crippen LogP contribution < -0.4 is 5.43 Å². The van der Waals surface area contributed by atoms with Gasteiger partial charge in [0.15, 0.2) is 0 Å². The normalized spacial score (nSPS) is 16.8. The van der Waals surface area contributed by atoms with Gasteiger partial charge in [0.2, 0.25) is 0 Å². The highest BCUT2D eigenvalue weighted by Crippen LogP contribution is 2.11. The van der Waals surface area contributed by atoms with E-state index >= 15 is 0 Å². The molecule has 1 fully saturated rings. The van der Waals surface area contributed by atoms with E-state index in [2.05, 4.69) is 27.4 Å². The summed E-state index contributed by atoms with van der Waals surface area (Å²) in [5.41, 5.74) is 3.00. The number of nitro groups is 1. The minimum atomic E-state index is -0.469. The average Bonchev–Trinajstić information content (AvgIpc) is 2.50. The van der Waals surface area contributed by atoms with Crippen LogP contribution in [0.25, 0.3) is 0 Å². The van der Waals surface area contributed by atoms with Crippen LogP contribution in [0, 0.1) is 10.1 Å². The molecule has 118 valence electrons. The largest absolute Gasteiger partial charge is 0.304 e. The lowest BCUT2D eigenvalue weighted by Crippen LogP contribution is -2.47. The number of nitrogens with zero attached hydrogens (tertiary/aromatic N) is 4. The Morgan fingerprint density at radius 3 is 2.82 bits per heavy atom. The molecule has 8 heteroatoms. The molecular weight excluding hydrogens is 286 g/mol. The number of nitro benzene ring substituents is 1. The van der Waals surface area contributed by atoms with Gasteiger partial charge in [-0.05, 0) is 7.05 Å². The van der Waals surface area contributed by atoms with E-state index in [4.69, 9.17) is 0 Å². The number of hydrogen-bond donors (Lipinski definition) is 1. The van der Waals surface area contributed by atoms with Gasteiger partial charge in [0.05, 0.1) is 17.7 Å². The Morgan fingerprint density at radius 2 is 2.14 bits per heavy atom. The molecule has 0 spiro atoms. The van der Waals surface area contributed by atoms with Crippen LogP contribution >= 0.6 is 0 Å². The molecule has 2 rings (SSSR count). The summed E-state index contributed by atoms with van der Waals surface area (Å²) in [4.78, 5) is 26.2. The van der Waals surface area contributed by atoms with Crippen molar-refractivity contribution in [3.8, 4) is 0 Å². The summed E-state index contributed by atoms with van der Waals surface area (Å²) in [6, 6.07) is 6.06. The van der Waals surface area contributed by atoms with Crippen molar-refractivity contribution in [1.29, 1.82) is 0 Å². The van der Waals surface area contributed by atoms with E-state index < -0.39 is 4.92 Å². The van der Waals surface area contributed by atoms with Gasteiger partial charge in [-0.25, -0.2) is 5.43 Å². The number of piperazine rings is 1. The van der Waals surface area contributed by atoms with Crippen molar-refractivity contribution in [3.63, 3.8) is 0 Å². The van der Waals surface area contributed by atoms with Gasteiger partial charge in [-0.2, -0.15) is 5.10 Å². The summed E-state index contributed by atoms with van der Waals surface area (Å²) in [6.07, 6.45) is 1.40. The molecule has 8 nitrogen and oxygen atoms in total. The van der Waals surface area contributed by atoms with Gasteiger partial charge in [0.1, 0.15) is 0 Å². The van der Waals surface area contributed by atoms with Gasteiger partial charge in [0, 0.05) is 43.9 Å². The minimum absolute atomic E-state index is 0.00675. The molecule has 0 bridgehead atoms. The Morgan fingerprint density at radius 1 is 1.41 bits per heavy atom. The van der Waals surface area contributed by atoms with Gasteiger partial charge in [-0.3, -0.25) is 19.8 Å². The lowest BCUT2D eigenvalue weighted by Gasteiger charge is -2.31. The highest BCUT2D eigenvalue weighted by molar-refractivity contribution is 5.83. The molecule has 1 aliphatic rings. The van der Waals surface area contributed by atoms with Crippen LogP contribution in [0.2, 0.25) is 0 Å². The highest BCUT2D eigenvalue weighted by atomic mass is 16.6. The van der Waals surface area contributed by atoms with Crippen molar-refractivity contribution in [2.75, 3.05) is 39.8 Å². The van der Waals surface area contributed by atoms with Crippen LogP contribution in [0.15, 0.2) is 29.4 Å². The smallest absolute Gasteiger partial charge is 0.270 e. The number of rotatable bonds is 5. The molecule has 0 unspecified atom stereocenters. The number of hydrogen-bond acceptors (Lipinski definition) is 6. The first-order valence-corrected chi connectivity index (χ1v) is 7.02. The molecule has 0 radical (unpaired) electrons. The predicted octanol–water partition coefficient (Wildman–Crippen LogP) is 0.292. The number of hydrazone groups is 1. The fraction of sp³-hybridized carbons (Fsp3) is 0.429. The van der Waals surface area contributed by atoms with Crippen molar-refractivity contribution < 1.29 is 9.72 Å². The molecule has 1 amide bonds. The Balaban J connectivity index is 1.80. The maximum absolute atomic E-state index is 11.8. The Hall–Kier alpha value is -2.32. The van der Waals surface area contributed by atoms with E-state index in [1.165, 1.54) is 18.3 Å². The van der Waals surface area contributed by atoms with Gasteiger partial charge >= 0.3 is 0 Å². The topological polar surface area (TPSA) is 91.1 Å². The molecule has 0 atom stereocenters. The summed E-state index contributed by atoms with van der Waals surface area (Å²) in [5.74, 6) is -0.189. The SMILES string of the molecule is CN1CCN(CC(=O)NN=Cc2cccc([N+](=O)[O-])c2)CC1. The number of amides is 1. The molecule has 0 saturated carbocycles. The van der Waals surface area contributed by atoms with Crippen LogP contribution in [0.3, 0.4) is 0 Å². The maximum atomic E-state index is 11.8. The lowest BCUT2D eigenvalue weighted by molar-refractivity contribution is -0.384. The summed E-state index contributed by atoms with van der Waals surface area (Å²) in [6.45, 7) is 3.92. The van der Waals surface area contributed by atoms with Crippen LogP contribution in [0.5, 0.6) is 0 Å². The molecule has 1 N–H and O–H groups in total. The molecule has 1 heterocycles. The Bertz CT molecular complexity index is 567. The Labute approximate surface area is 128 Å². The molecular formula is C14H19N5O3. The van der Waals surface area contributed by atoms with Crippen LogP contribution in [-0.4, -0.2) is 66.6 Å². The van der Waals surface area contributed by atoms with Crippen LogP contribution in [0.1, 0.15) is 5.56 Å². The first-order chi connectivity index (χ1) is 10.5. The second-order valence-electron chi connectivity index (χ2n) is 5.22. The van der Waals surface area contributed by atoms with Crippen molar-refractivity contribution in [2.24, 2.45) is 5.10 Å². The standard InChI is InChI=1S/C14H19N5O3/c1-17-5-7-18(8-6-17)11-14(20)16-15-10-12-3-2-4-13(9-12)19(21)22/h2-4,9-10H,5-8,11H2,1H3,(H,16,20). The lowest BCUT2D eigenvalue weighted by atomic mass is 10.2. The van der Waals surface area contributed by atoms with Gasteiger partial charge in [0.25, 0.3) is 11.6 Å². The monoisotopic (exact) mass is 305 g/mol. The van der Waals surface area contributed by atoms with Crippen molar-refractivity contribution in [2.45, 2.75) is 0 Å². The highest BCUT2D eigenvalue weighted by Gasteiger charge is 2.16. The molecule has 1 aromatic rings. The van der Waals surface area contributed by atoms with E-state index in [-0.39, 0.29) is 11.6 Å². The molecule has 1 saturated heterocycles. The van der Waals surface area contributed by atoms with Gasteiger partial charge < -0.3 is 4.90 Å². The summed E-state index contributed by atoms with van der Waals surface area (Å²) >= 11 is 0. The first-order valence-electron chi connectivity index (χ1n) is 7.02. The number of benzene rings is 1. The number of carbonyl (C=O) groups is 1. The van der Waals surface area contributed by atoms with Crippen molar-refractivity contribution >= 4 is 17.8 Å². The van der Waals surface area contributed by atoms with Crippen LogP contribution in [-0.2, 0) is 4.79 Å². The maximum Gasteiger partial charge on any atom is 0.270 e. The number of carbonyl (C=O) groups excluding carboxylic acids is 1. The summed E-state index contributed by atoms with van der Waals surface area (Å²) < 4.78 is 0. The molecule has 0 aliphatic carbocycles. The van der Waals surface area contributed by atoms with Crippen molar-refractivity contribution in [1.82, 2.24) is 15.2 Å². The number of likely N-dealkylation sites (N-methyl/N-ethyl adjacent to an activating group) is 1. The van der Waals surface area contributed by atoms with E-state index in [9.17, 15) is 14.9 Å². The second-order valence-corrected chi connectivity index (χ2v) is 5.22. The fourth-order valence-corrected chi connectivity index (χ4v) is 2.14. The first kappa shape index (κ1) is 16.1. The molecule has 1 aliphatic heterocycles. The minimum Gasteiger partial charge on any atom is -0.304 e. The predicted molar refractivity (Wildman–Crippen MR) is 82.8 cm³/mol.